The summed E-state index contributed by atoms with van der Waals surface area (Å²) in [6.45, 7) is 4.05. The zero-order valence-corrected chi connectivity index (χ0v) is 13.4. The number of nitrogens with two attached hydrogens (primary N) is 1. The van der Waals surface area contributed by atoms with Crippen molar-refractivity contribution >= 4 is 23.6 Å². The Morgan fingerprint density at radius 2 is 1.89 bits per heavy atom. The van der Waals surface area contributed by atoms with Gasteiger partial charge in [-0.3, -0.25) is 9.59 Å². The van der Waals surface area contributed by atoms with Crippen molar-refractivity contribution in [1.82, 2.24) is 10.2 Å². The molecule has 0 rings (SSSR count). The molecule has 0 aromatic heterocycles. The second-order valence-corrected chi connectivity index (χ2v) is 6.30. The molecule has 2 atom stereocenters. The Balaban J connectivity index is 4.54. The van der Waals surface area contributed by atoms with Gasteiger partial charge in [-0.25, -0.2) is 0 Å². The van der Waals surface area contributed by atoms with Gasteiger partial charge in [0.25, 0.3) is 0 Å². The lowest BCUT2D eigenvalue weighted by molar-refractivity contribution is -0.135. The third kappa shape index (κ3) is 7.42. The van der Waals surface area contributed by atoms with Crippen LogP contribution < -0.4 is 11.1 Å². The molecule has 3 N–H and O–H groups in total. The van der Waals surface area contributed by atoms with Gasteiger partial charge in [0, 0.05) is 14.1 Å². The molecule has 0 saturated heterocycles. The zero-order chi connectivity index (χ0) is 15.0. The van der Waals surface area contributed by atoms with Gasteiger partial charge in [0.15, 0.2) is 0 Å². The van der Waals surface area contributed by atoms with Crippen LogP contribution in [0.1, 0.15) is 26.7 Å². The second kappa shape index (κ2) is 9.20. The average molecular weight is 289 g/mol. The first kappa shape index (κ1) is 18.2. The second-order valence-electron chi connectivity index (χ2n) is 5.31. The average Bonchev–Trinajstić information content (AvgIpc) is 2.33. The molecule has 5 nitrogen and oxygen atoms in total. The van der Waals surface area contributed by atoms with E-state index in [-0.39, 0.29) is 11.8 Å². The summed E-state index contributed by atoms with van der Waals surface area (Å²) in [6.07, 6.45) is 3.22. The Labute approximate surface area is 120 Å². The summed E-state index contributed by atoms with van der Waals surface area (Å²) in [5.41, 5.74) is 5.81. The molecule has 0 spiro atoms. The van der Waals surface area contributed by atoms with Crippen LogP contribution in [0.4, 0.5) is 0 Å². The Morgan fingerprint density at radius 3 is 2.32 bits per heavy atom. The summed E-state index contributed by atoms with van der Waals surface area (Å²) in [5, 5.41) is 2.77. The van der Waals surface area contributed by atoms with Crippen LogP contribution in [0.25, 0.3) is 0 Å². The molecule has 19 heavy (non-hydrogen) atoms. The molecule has 0 aliphatic rings. The van der Waals surface area contributed by atoms with Crippen molar-refractivity contribution in [2.24, 2.45) is 11.7 Å². The minimum atomic E-state index is -0.544. The molecule has 0 radical (unpaired) electrons. The molecule has 0 saturated carbocycles. The minimum absolute atomic E-state index is 0.0842. The van der Waals surface area contributed by atoms with Gasteiger partial charge >= 0.3 is 0 Å². The van der Waals surface area contributed by atoms with E-state index in [2.05, 4.69) is 5.32 Å². The van der Waals surface area contributed by atoms with Gasteiger partial charge in [0.1, 0.15) is 6.04 Å². The third-order valence-electron chi connectivity index (χ3n) is 2.73. The lowest BCUT2D eigenvalue weighted by Gasteiger charge is -2.24. The van der Waals surface area contributed by atoms with Crippen molar-refractivity contribution in [2.45, 2.75) is 38.8 Å². The van der Waals surface area contributed by atoms with Crippen molar-refractivity contribution < 1.29 is 9.59 Å². The fraction of sp³-hybridized carbons (Fsp3) is 0.846. The first-order valence-electron chi connectivity index (χ1n) is 6.55. The summed E-state index contributed by atoms with van der Waals surface area (Å²) >= 11 is 1.65. The Morgan fingerprint density at radius 1 is 1.32 bits per heavy atom. The van der Waals surface area contributed by atoms with E-state index in [1.54, 1.807) is 25.9 Å². The topological polar surface area (TPSA) is 75.4 Å². The summed E-state index contributed by atoms with van der Waals surface area (Å²) in [6, 6.07) is -1.03. The fourth-order valence-corrected chi connectivity index (χ4v) is 2.15. The highest BCUT2D eigenvalue weighted by Crippen LogP contribution is 2.08. The van der Waals surface area contributed by atoms with Gasteiger partial charge in [-0.05, 0) is 30.8 Å². The molecule has 112 valence electrons. The molecule has 0 heterocycles. The molecule has 6 heteroatoms. The number of hydrogen-bond acceptors (Lipinski definition) is 4. The van der Waals surface area contributed by atoms with Crippen LogP contribution in [0, 0.1) is 5.92 Å². The van der Waals surface area contributed by atoms with Crippen LogP contribution >= 0.6 is 11.8 Å². The molecule has 0 aromatic rings. The van der Waals surface area contributed by atoms with Crippen molar-refractivity contribution in [3.63, 3.8) is 0 Å². The first-order valence-corrected chi connectivity index (χ1v) is 7.95. The summed E-state index contributed by atoms with van der Waals surface area (Å²) in [5.74, 6) is 0.844. The largest absolute Gasteiger partial charge is 0.347 e. The predicted molar refractivity (Wildman–Crippen MR) is 81.1 cm³/mol. The van der Waals surface area contributed by atoms with Crippen molar-refractivity contribution in [3.05, 3.63) is 0 Å². The normalized spacial score (nSPS) is 14.1. The van der Waals surface area contributed by atoms with Gasteiger partial charge in [0.05, 0.1) is 6.04 Å². The van der Waals surface area contributed by atoms with E-state index in [1.165, 1.54) is 4.90 Å². The van der Waals surface area contributed by atoms with Crippen LogP contribution in [0.15, 0.2) is 0 Å². The standard InChI is InChI=1S/C13H27N3O2S/c1-9(2)8-11(13(18)16(3)4)15-12(17)10(14)6-7-19-5/h9-11H,6-8,14H2,1-5H3,(H,15,17)/t10-,11?/m0/s1. The minimum Gasteiger partial charge on any atom is -0.347 e. The van der Waals surface area contributed by atoms with Gasteiger partial charge in [-0.15, -0.1) is 0 Å². The summed E-state index contributed by atoms with van der Waals surface area (Å²) < 4.78 is 0. The van der Waals surface area contributed by atoms with E-state index in [1.807, 2.05) is 20.1 Å². The summed E-state index contributed by atoms with van der Waals surface area (Å²) in [4.78, 5) is 25.5. The molecule has 0 fully saturated rings. The number of carbonyl (C=O) groups excluding carboxylic acids is 2. The van der Waals surface area contributed by atoms with Gasteiger partial charge in [-0.2, -0.15) is 11.8 Å². The maximum atomic E-state index is 12.0. The van der Waals surface area contributed by atoms with Crippen LogP contribution in [-0.2, 0) is 9.59 Å². The van der Waals surface area contributed by atoms with Crippen molar-refractivity contribution in [1.29, 1.82) is 0 Å². The highest BCUT2D eigenvalue weighted by molar-refractivity contribution is 7.98. The van der Waals surface area contributed by atoms with Crippen LogP contribution in [-0.4, -0.2) is 54.9 Å². The van der Waals surface area contributed by atoms with E-state index in [9.17, 15) is 9.59 Å². The van der Waals surface area contributed by atoms with Gasteiger partial charge in [0.2, 0.25) is 11.8 Å². The summed E-state index contributed by atoms with van der Waals surface area (Å²) in [7, 11) is 3.38. The maximum Gasteiger partial charge on any atom is 0.244 e. The molecule has 1 unspecified atom stereocenters. The lowest BCUT2D eigenvalue weighted by atomic mass is 10.0. The van der Waals surface area contributed by atoms with Crippen molar-refractivity contribution in [3.8, 4) is 0 Å². The van der Waals surface area contributed by atoms with Crippen molar-refractivity contribution in [2.75, 3.05) is 26.1 Å². The van der Waals surface area contributed by atoms with E-state index in [4.69, 9.17) is 5.73 Å². The molecule has 0 aliphatic carbocycles. The number of thioether (sulfide) groups is 1. The molecule has 2 amide bonds. The van der Waals surface area contributed by atoms with E-state index in [0.717, 1.165) is 5.75 Å². The van der Waals surface area contributed by atoms with Crippen LogP contribution in [0.5, 0.6) is 0 Å². The highest BCUT2D eigenvalue weighted by Gasteiger charge is 2.25. The quantitative estimate of drug-likeness (QED) is 0.689. The molecular weight excluding hydrogens is 262 g/mol. The van der Waals surface area contributed by atoms with E-state index in [0.29, 0.717) is 18.8 Å². The fourth-order valence-electron chi connectivity index (χ4n) is 1.66. The zero-order valence-electron chi connectivity index (χ0n) is 12.6. The molecule has 0 bridgehead atoms. The maximum absolute atomic E-state index is 12.0. The number of rotatable bonds is 8. The lowest BCUT2D eigenvalue weighted by Crippen LogP contribution is -2.51. The third-order valence-corrected chi connectivity index (χ3v) is 3.38. The van der Waals surface area contributed by atoms with Crippen LogP contribution in [0.2, 0.25) is 0 Å². The first-order chi connectivity index (χ1) is 8.79. The van der Waals surface area contributed by atoms with E-state index < -0.39 is 12.1 Å². The molecule has 0 aromatic carbocycles. The molecular formula is C13H27N3O2S. The number of carbonyl (C=O) groups is 2. The monoisotopic (exact) mass is 289 g/mol. The highest BCUT2D eigenvalue weighted by atomic mass is 32.2. The number of likely N-dealkylation sites (N-methyl/N-ethyl adjacent to an activating group) is 1. The van der Waals surface area contributed by atoms with Gasteiger partial charge in [-0.1, -0.05) is 13.8 Å². The van der Waals surface area contributed by atoms with Crippen LogP contribution in [0.3, 0.4) is 0 Å². The number of nitrogens with one attached hydrogen (secondary N) is 1. The predicted octanol–water partition coefficient (Wildman–Crippen LogP) is 0.686. The Bertz CT molecular complexity index is 296. The van der Waals surface area contributed by atoms with Gasteiger partial charge < -0.3 is 16.0 Å². The Kier molecular flexibility index (Phi) is 8.84. The Hall–Kier alpha value is -0.750. The number of hydrogen-bond donors (Lipinski definition) is 2. The van der Waals surface area contributed by atoms with E-state index >= 15 is 0 Å². The smallest absolute Gasteiger partial charge is 0.244 e. The number of amides is 2. The number of nitrogens with zero attached hydrogens (tertiary/aromatic N) is 1. The SMILES string of the molecule is CSCC[C@H](N)C(=O)NC(CC(C)C)C(=O)N(C)C. The molecule has 0 aliphatic heterocycles.